The Bertz CT molecular complexity index is 905. The molecule has 1 heterocycles. The maximum absolute atomic E-state index is 13.8. The summed E-state index contributed by atoms with van der Waals surface area (Å²) in [6, 6.07) is 5.52. The molecule has 1 saturated heterocycles. The van der Waals surface area contributed by atoms with E-state index >= 15 is 0 Å². The molecule has 0 spiro atoms. The molecule has 2 aliphatic rings. The number of fused-ring (bicyclic) bond motifs is 1. The minimum atomic E-state index is -0.856. The maximum atomic E-state index is 13.8. The normalized spacial score (nSPS) is 28.8. The first kappa shape index (κ1) is 24.3. The Kier molecular flexibility index (Phi) is 7.62. The van der Waals surface area contributed by atoms with Gasteiger partial charge in [-0.05, 0) is 24.0 Å². The van der Waals surface area contributed by atoms with Crippen LogP contribution in [0.5, 0.6) is 0 Å². The Morgan fingerprint density at radius 1 is 1.22 bits per heavy atom. The van der Waals surface area contributed by atoms with Crippen LogP contribution in [0.25, 0.3) is 0 Å². The lowest BCUT2D eigenvalue weighted by molar-refractivity contribution is -0.143. The number of benzene rings is 1. The second kappa shape index (κ2) is 10.0. The van der Waals surface area contributed by atoms with Crippen molar-refractivity contribution in [1.82, 2.24) is 10.2 Å². The fraction of sp³-hybridized carbons (Fsp3) is 0.542. The Hall–Kier alpha value is -2.38. The second-order valence-electron chi connectivity index (χ2n) is 8.78. The number of hydrogen-bond donors (Lipinski definition) is 3. The highest BCUT2D eigenvalue weighted by Crippen LogP contribution is 2.45. The Morgan fingerprint density at radius 3 is 2.50 bits per heavy atom. The zero-order chi connectivity index (χ0) is 23.6. The van der Waals surface area contributed by atoms with Crippen molar-refractivity contribution in [2.45, 2.75) is 39.3 Å². The van der Waals surface area contributed by atoms with Crippen LogP contribution < -0.4 is 10.6 Å². The molecule has 174 valence electrons. The number of rotatable bonds is 7. The number of likely N-dealkylation sites (tertiary alicyclic amines) is 1. The predicted octanol–water partition coefficient (Wildman–Crippen LogP) is 2.70. The van der Waals surface area contributed by atoms with Crippen molar-refractivity contribution in [1.29, 1.82) is 0 Å². The van der Waals surface area contributed by atoms with Gasteiger partial charge in [-0.15, -0.1) is 0 Å². The molecule has 3 amide bonds. The van der Waals surface area contributed by atoms with Crippen molar-refractivity contribution < 1.29 is 19.5 Å². The maximum Gasteiger partial charge on any atom is 0.247 e. The number of para-hydroxylation sites is 1. The smallest absolute Gasteiger partial charge is 0.247 e. The number of aliphatic hydroxyl groups excluding tert-OH is 1. The zero-order valence-corrected chi connectivity index (χ0v) is 19.7. The molecule has 1 aliphatic carbocycles. The summed E-state index contributed by atoms with van der Waals surface area (Å²) in [5.41, 5.74) is 0.454. The van der Waals surface area contributed by atoms with E-state index in [-0.39, 0.29) is 36.2 Å². The van der Waals surface area contributed by atoms with Crippen LogP contribution in [-0.2, 0) is 14.4 Å². The van der Waals surface area contributed by atoms with Gasteiger partial charge >= 0.3 is 0 Å². The third-order valence-electron chi connectivity index (χ3n) is 7.00. The van der Waals surface area contributed by atoms with Crippen molar-refractivity contribution in [3.63, 3.8) is 0 Å². The molecule has 3 rings (SSSR count). The molecule has 1 fully saturated rings. The van der Waals surface area contributed by atoms with Gasteiger partial charge in [-0.25, -0.2) is 0 Å². The molecule has 0 aromatic heterocycles. The number of carbonyl (C=O) groups is 3. The van der Waals surface area contributed by atoms with E-state index < -0.39 is 29.8 Å². The van der Waals surface area contributed by atoms with Crippen molar-refractivity contribution in [2.75, 3.05) is 19.0 Å². The van der Waals surface area contributed by atoms with Crippen molar-refractivity contribution in [2.24, 2.45) is 29.6 Å². The summed E-state index contributed by atoms with van der Waals surface area (Å²) in [4.78, 5) is 41.6. The first-order valence-corrected chi connectivity index (χ1v) is 11.5. The third kappa shape index (κ3) is 4.28. The first-order chi connectivity index (χ1) is 15.3. The fourth-order valence-electron chi connectivity index (χ4n) is 5.05. The van der Waals surface area contributed by atoms with E-state index in [0.717, 1.165) is 6.42 Å². The molecule has 0 unspecified atom stereocenters. The summed E-state index contributed by atoms with van der Waals surface area (Å²) < 4.78 is 0. The first-order valence-electron chi connectivity index (χ1n) is 11.1. The van der Waals surface area contributed by atoms with Crippen molar-refractivity contribution in [3.8, 4) is 0 Å². The summed E-state index contributed by atoms with van der Waals surface area (Å²) in [6.07, 6.45) is 4.52. The summed E-state index contributed by atoms with van der Waals surface area (Å²) in [5, 5.41) is 16.1. The average Bonchev–Trinajstić information content (AvgIpc) is 3.07. The lowest BCUT2D eigenvalue weighted by Gasteiger charge is -2.36. The van der Waals surface area contributed by atoms with Gasteiger partial charge < -0.3 is 20.6 Å². The van der Waals surface area contributed by atoms with E-state index in [2.05, 4.69) is 10.6 Å². The molecular formula is C24H32ClN3O4. The number of anilines is 1. The minimum absolute atomic E-state index is 0.0282. The van der Waals surface area contributed by atoms with Crippen LogP contribution >= 0.6 is 11.6 Å². The molecule has 0 bridgehead atoms. The number of aliphatic hydroxyl groups is 1. The van der Waals surface area contributed by atoms with Crippen molar-refractivity contribution in [3.05, 3.63) is 41.4 Å². The lowest BCUT2D eigenvalue weighted by Crippen LogP contribution is -2.52. The number of halogens is 1. The highest BCUT2D eigenvalue weighted by Gasteiger charge is 2.58. The topological polar surface area (TPSA) is 98.7 Å². The molecule has 0 radical (unpaired) electrons. The molecular weight excluding hydrogens is 430 g/mol. The monoisotopic (exact) mass is 461 g/mol. The van der Waals surface area contributed by atoms with Gasteiger partial charge in [0.25, 0.3) is 0 Å². The Balaban J connectivity index is 2.06. The number of allylic oxidation sites excluding steroid dienone is 1. The third-order valence-corrected chi connectivity index (χ3v) is 7.33. The predicted molar refractivity (Wildman–Crippen MR) is 124 cm³/mol. The van der Waals surface area contributed by atoms with Gasteiger partial charge in [-0.1, -0.05) is 63.1 Å². The summed E-state index contributed by atoms with van der Waals surface area (Å²) in [5.74, 6) is -2.78. The number of carbonyl (C=O) groups excluding carboxylic acids is 3. The van der Waals surface area contributed by atoms with Crippen LogP contribution in [0.2, 0.25) is 5.02 Å². The van der Waals surface area contributed by atoms with Crippen LogP contribution in [0.1, 0.15) is 27.2 Å². The zero-order valence-electron chi connectivity index (χ0n) is 18.9. The second-order valence-corrected chi connectivity index (χ2v) is 9.19. The molecule has 7 atom stereocenters. The quantitative estimate of drug-likeness (QED) is 0.543. The van der Waals surface area contributed by atoms with Crippen LogP contribution in [0.3, 0.4) is 0 Å². The van der Waals surface area contributed by atoms with E-state index in [1.165, 1.54) is 4.90 Å². The van der Waals surface area contributed by atoms with E-state index in [4.69, 9.17) is 11.6 Å². The van der Waals surface area contributed by atoms with Gasteiger partial charge in [0, 0.05) is 13.0 Å². The standard InChI is InChI=1S/C24H32ClN3O4/c1-5-13(2)18(12-29)28-21(23(31)27-17-9-7-6-8-16(17)25)15-11-10-14(3)19(22(30)26-4)20(15)24(28)32/h6-11,13-15,18-21,29H,5,12H2,1-4H3,(H,26,30)(H,27,31)/t13-,14+,15-,18-,19+,20+,21-/m0/s1. The van der Waals surface area contributed by atoms with E-state index in [1.54, 1.807) is 31.3 Å². The Morgan fingerprint density at radius 2 is 1.91 bits per heavy atom. The largest absolute Gasteiger partial charge is 0.394 e. The highest BCUT2D eigenvalue weighted by molar-refractivity contribution is 6.33. The number of nitrogens with zero attached hydrogens (tertiary/aromatic N) is 1. The molecule has 1 aromatic carbocycles. The number of nitrogens with one attached hydrogen (secondary N) is 2. The summed E-state index contributed by atoms with van der Waals surface area (Å²) >= 11 is 6.24. The summed E-state index contributed by atoms with van der Waals surface area (Å²) in [6.45, 7) is 5.57. The van der Waals surface area contributed by atoms with Gasteiger partial charge in [0.1, 0.15) is 6.04 Å². The van der Waals surface area contributed by atoms with Gasteiger partial charge in [0.15, 0.2) is 0 Å². The van der Waals surface area contributed by atoms with Gasteiger partial charge in [-0.3, -0.25) is 14.4 Å². The van der Waals surface area contributed by atoms with Gasteiger partial charge in [-0.2, -0.15) is 0 Å². The molecule has 0 saturated carbocycles. The van der Waals surface area contributed by atoms with Gasteiger partial charge in [0.05, 0.1) is 35.2 Å². The lowest BCUT2D eigenvalue weighted by atomic mass is 9.70. The molecule has 3 N–H and O–H groups in total. The van der Waals surface area contributed by atoms with Gasteiger partial charge in [0.2, 0.25) is 17.7 Å². The number of amides is 3. The number of hydrogen-bond acceptors (Lipinski definition) is 4. The van der Waals surface area contributed by atoms with Crippen LogP contribution in [0.15, 0.2) is 36.4 Å². The molecule has 8 heteroatoms. The SMILES string of the molecule is CC[C@H](C)[C@H](CO)N1C(=O)[C@@H]2[C@H](C=C[C@@H](C)[C@H]2C(=O)NC)[C@H]1C(=O)Nc1ccccc1Cl. The molecule has 32 heavy (non-hydrogen) atoms. The molecule has 1 aromatic rings. The van der Waals surface area contributed by atoms with E-state index in [9.17, 15) is 19.5 Å². The van der Waals surface area contributed by atoms with Crippen LogP contribution in [0.4, 0.5) is 5.69 Å². The highest BCUT2D eigenvalue weighted by atomic mass is 35.5. The molecule has 1 aliphatic heterocycles. The molecule has 7 nitrogen and oxygen atoms in total. The van der Waals surface area contributed by atoms with Crippen LogP contribution in [-0.4, -0.2) is 53.5 Å². The average molecular weight is 462 g/mol. The fourth-order valence-corrected chi connectivity index (χ4v) is 5.23. The van der Waals surface area contributed by atoms with Crippen LogP contribution in [0, 0.1) is 29.6 Å². The summed E-state index contributed by atoms with van der Waals surface area (Å²) in [7, 11) is 1.55. The minimum Gasteiger partial charge on any atom is -0.394 e. The van der Waals surface area contributed by atoms with E-state index in [1.807, 2.05) is 32.9 Å². The Labute approximate surface area is 194 Å². The van der Waals surface area contributed by atoms with Crippen molar-refractivity contribution >= 4 is 35.0 Å². The van der Waals surface area contributed by atoms with E-state index in [0.29, 0.717) is 10.7 Å².